The quantitative estimate of drug-likeness (QED) is 0.916. The van der Waals surface area contributed by atoms with Gasteiger partial charge in [0.2, 0.25) is 5.82 Å². The molecule has 0 saturated heterocycles. The molecule has 3 heterocycles. The smallest absolute Gasteiger partial charge is 0.289 e. The Labute approximate surface area is 132 Å². The molecule has 0 radical (unpaired) electrons. The van der Waals surface area contributed by atoms with Crippen molar-refractivity contribution < 1.29 is 9.59 Å². The van der Waals surface area contributed by atoms with E-state index in [1.165, 1.54) is 11.3 Å². The molecule has 0 unspecified atom stereocenters. The summed E-state index contributed by atoms with van der Waals surface area (Å²) < 4.78 is 1.79. The van der Waals surface area contributed by atoms with Crippen LogP contribution >= 0.6 is 11.3 Å². The summed E-state index contributed by atoms with van der Waals surface area (Å²) in [5.74, 6) is 0.768. The summed E-state index contributed by atoms with van der Waals surface area (Å²) in [6, 6.07) is 3.68. The van der Waals surface area contributed by atoms with E-state index >= 15 is 0 Å². The lowest BCUT2D eigenvalue weighted by molar-refractivity contribution is 0.0711. The fourth-order valence-corrected chi connectivity index (χ4v) is 3.06. The molecular formula is C14H17N5O2S. The minimum absolute atomic E-state index is 0.00114. The van der Waals surface area contributed by atoms with Gasteiger partial charge in [0, 0.05) is 19.6 Å². The van der Waals surface area contributed by atoms with E-state index in [1.54, 1.807) is 9.47 Å². The summed E-state index contributed by atoms with van der Waals surface area (Å²) in [4.78, 5) is 26.8. The number of amides is 2. The SMILES string of the molecule is CCCNC(=O)c1nnc2n1CCN(C(=O)c1cccs1)C2. The molecule has 0 spiro atoms. The number of carbonyl (C=O) groups is 2. The molecule has 0 saturated carbocycles. The molecular weight excluding hydrogens is 302 g/mol. The van der Waals surface area contributed by atoms with Gasteiger partial charge in [-0.2, -0.15) is 0 Å². The molecule has 1 aliphatic rings. The lowest BCUT2D eigenvalue weighted by Crippen LogP contribution is -2.39. The Kier molecular flexibility index (Phi) is 4.19. The average Bonchev–Trinajstić information content (AvgIpc) is 3.20. The van der Waals surface area contributed by atoms with Crippen LogP contribution in [0.3, 0.4) is 0 Å². The number of nitrogens with one attached hydrogen (secondary N) is 1. The molecule has 2 aromatic rings. The van der Waals surface area contributed by atoms with E-state index < -0.39 is 0 Å². The first-order chi connectivity index (χ1) is 10.7. The van der Waals surface area contributed by atoms with Gasteiger partial charge in [-0.1, -0.05) is 13.0 Å². The molecule has 22 heavy (non-hydrogen) atoms. The van der Waals surface area contributed by atoms with Gasteiger partial charge in [-0.05, 0) is 17.9 Å². The van der Waals surface area contributed by atoms with Crippen molar-refractivity contribution in [1.29, 1.82) is 0 Å². The Morgan fingerprint density at radius 3 is 2.95 bits per heavy atom. The average molecular weight is 319 g/mol. The molecule has 116 valence electrons. The molecule has 7 nitrogen and oxygen atoms in total. The zero-order valence-corrected chi connectivity index (χ0v) is 13.1. The number of rotatable bonds is 4. The Bertz CT molecular complexity index is 679. The Hall–Kier alpha value is -2.22. The number of aromatic nitrogens is 3. The van der Waals surface area contributed by atoms with Crippen molar-refractivity contribution in [2.75, 3.05) is 13.1 Å². The molecule has 3 rings (SSSR count). The summed E-state index contributed by atoms with van der Waals surface area (Å²) in [5.41, 5.74) is 0. The number of hydrogen-bond acceptors (Lipinski definition) is 5. The van der Waals surface area contributed by atoms with Crippen LogP contribution in [0, 0.1) is 0 Å². The van der Waals surface area contributed by atoms with Crippen LogP contribution in [0.5, 0.6) is 0 Å². The third-order valence-electron chi connectivity index (χ3n) is 3.51. The molecule has 8 heteroatoms. The largest absolute Gasteiger partial charge is 0.349 e. The van der Waals surface area contributed by atoms with Crippen LogP contribution in [0.4, 0.5) is 0 Å². The molecule has 0 fully saturated rings. The minimum Gasteiger partial charge on any atom is -0.349 e. The standard InChI is InChI=1S/C14H17N5O2S/c1-2-5-15-13(20)12-17-16-11-9-18(6-7-19(11)12)14(21)10-4-3-8-22-10/h3-4,8H,2,5-7,9H2,1H3,(H,15,20). The fraction of sp³-hybridized carbons (Fsp3) is 0.429. The highest BCUT2D eigenvalue weighted by Crippen LogP contribution is 2.18. The van der Waals surface area contributed by atoms with Gasteiger partial charge in [-0.25, -0.2) is 0 Å². The van der Waals surface area contributed by atoms with Crippen molar-refractivity contribution >= 4 is 23.2 Å². The predicted molar refractivity (Wildman–Crippen MR) is 81.7 cm³/mol. The summed E-state index contributed by atoms with van der Waals surface area (Å²) in [6.07, 6.45) is 0.871. The molecule has 1 aliphatic heterocycles. The van der Waals surface area contributed by atoms with E-state index in [0.717, 1.165) is 6.42 Å². The van der Waals surface area contributed by atoms with Gasteiger partial charge in [-0.15, -0.1) is 21.5 Å². The Morgan fingerprint density at radius 1 is 1.36 bits per heavy atom. The van der Waals surface area contributed by atoms with E-state index in [2.05, 4.69) is 15.5 Å². The van der Waals surface area contributed by atoms with Gasteiger partial charge in [0.15, 0.2) is 5.82 Å². The van der Waals surface area contributed by atoms with Crippen molar-refractivity contribution in [3.63, 3.8) is 0 Å². The minimum atomic E-state index is -0.210. The van der Waals surface area contributed by atoms with E-state index in [0.29, 0.717) is 42.7 Å². The maximum absolute atomic E-state index is 12.4. The van der Waals surface area contributed by atoms with Gasteiger partial charge < -0.3 is 14.8 Å². The number of hydrogen-bond donors (Lipinski definition) is 1. The molecule has 2 amide bonds. The third kappa shape index (κ3) is 2.74. The zero-order valence-electron chi connectivity index (χ0n) is 12.3. The van der Waals surface area contributed by atoms with Gasteiger partial charge >= 0.3 is 0 Å². The van der Waals surface area contributed by atoms with E-state index in [9.17, 15) is 9.59 Å². The summed E-state index contributed by atoms with van der Waals surface area (Å²) in [7, 11) is 0. The van der Waals surface area contributed by atoms with Crippen LogP contribution in [-0.2, 0) is 13.1 Å². The van der Waals surface area contributed by atoms with Crippen molar-refractivity contribution in [3.8, 4) is 0 Å². The van der Waals surface area contributed by atoms with Crippen molar-refractivity contribution in [2.24, 2.45) is 0 Å². The Balaban J connectivity index is 1.74. The van der Waals surface area contributed by atoms with Crippen LogP contribution in [-0.4, -0.2) is 44.6 Å². The molecule has 0 aromatic carbocycles. The molecule has 0 bridgehead atoms. The first-order valence-corrected chi connectivity index (χ1v) is 8.11. The number of carbonyl (C=O) groups excluding carboxylic acids is 2. The summed E-state index contributed by atoms with van der Waals surface area (Å²) >= 11 is 1.43. The molecule has 2 aromatic heterocycles. The normalized spacial score (nSPS) is 13.8. The maximum Gasteiger partial charge on any atom is 0.289 e. The zero-order chi connectivity index (χ0) is 15.5. The van der Waals surface area contributed by atoms with Gasteiger partial charge in [0.25, 0.3) is 11.8 Å². The monoisotopic (exact) mass is 319 g/mol. The van der Waals surface area contributed by atoms with Crippen molar-refractivity contribution in [2.45, 2.75) is 26.4 Å². The fourth-order valence-electron chi connectivity index (χ4n) is 2.37. The first-order valence-electron chi connectivity index (χ1n) is 7.23. The van der Waals surface area contributed by atoms with Crippen LogP contribution < -0.4 is 5.32 Å². The second-order valence-electron chi connectivity index (χ2n) is 5.05. The maximum atomic E-state index is 12.4. The molecule has 0 atom stereocenters. The van der Waals surface area contributed by atoms with Crippen molar-refractivity contribution in [1.82, 2.24) is 25.0 Å². The summed E-state index contributed by atoms with van der Waals surface area (Å²) in [6.45, 7) is 4.08. The highest BCUT2D eigenvalue weighted by atomic mass is 32.1. The van der Waals surface area contributed by atoms with Crippen LogP contribution in [0.15, 0.2) is 17.5 Å². The second-order valence-corrected chi connectivity index (χ2v) is 6.00. The lowest BCUT2D eigenvalue weighted by Gasteiger charge is -2.27. The Morgan fingerprint density at radius 2 is 2.23 bits per heavy atom. The third-order valence-corrected chi connectivity index (χ3v) is 4.37. The molecule has 0 aliphatic carbocycles. The van der Waals surface area contributed by atoms with Gasteiger partial charge in [0.05, 0.1) is 11.4 Å². The van der Waals surface area contributed by atoms with Crippen LogP contribution in [0.25, 0.3) is 0 Å². The van der Waals surface area contributed by atoms with Gasteiger partial charge in [0.1, 0.15) is 0 Å². The van der Waals surface area contributed by atoms with E-state index in [1.807, 2.05) is 24.4 Å². The lowest BCUT2D eigenvalue weighted by atomic mass is 10.3. The highest BCUT2D eigenvalue weighted by molar-refractivity contribution is 7.12. The number of thiophene rings is 1. The molecule has 1 N–H and O–H groups in total. The van der Waals surface area contributed by atoms with Crippen LogP contribution in [0.2, 0.25) is 0 Å². The highest BCUT2D eigenvalue weighted by Gasteiger charge is 2.27. The van der Waals surface area contributed by atoms with E-state index in [-0.39, 0.29) is 11.8 Å². The topological polar surface area (TPSA) is 80.1 Å². The van der Waals surface area contributed by atoms with E-state index in [4.69, 9.17) is 0 Å². The van der Waals surface area contributed by atoms with Crippen LogP contribution in [0.1, 0.15) is 39.5 Å². The first kappa shape index (κ1) is 14.7. The van der Waals surface area contributed by atoms with Gasteiger partial charge in [-0.3, -0.25) is 9.59 Å². The predicted octanol–water partition coefficient (Wildman–Crippen LogP) is 1.14. The summed E-state index contributed by atoms with van der Waals surface area (Å²) in [5, 5.41) is 12.7. The second kappa shape index (κ2) is 6.27. The number of fused-ring (bicyclic) bond motifs is 1. The number of nitrogens with zero attached hydrogens (tertiary/aromatic N) is 4. The van der Waals surface area contributed by atoms with Crippen molar-refractivity contribution in [3.05, 3.63) is 34.0 Å².